The highest BCUT2D eigenvalue weighted by molar-refractivity contribution is 7.92. The number of carboxylic acids is 1. The molecule has 0 fully saturated rings. The van der Waals surface area contributed by atoms with Gasteiger partial charge in [0.05, 0.1) is 11.8 Å². The molecule has 0 aromatic carbocycles. The number of nitrogens with two attached hydrogens (primary N) is 1. The summed E-state index contributed by atoms with van der Waals surface area (Å²) < 4.78 is 24.1. The second-order valence-corrected chi connectivity index (χ2v) is 10.4. The minimum absolute atomic E-state index is 0.0119. The van der Waals surface area contributed by atoms with Crippen molar-refractivity contribution in [1.29, 1.82) is 0 Å². The summed E-state index contributed by atoms with van der Waals surface area (Å²) in [5.74, 6) is 0.687. The molecule has 0 aliphatic heterocycles. The Morgan fingerprint density at radius 1 is 1.15 bits per heavy atom. The zero-order chi connectivity index (χ0) is 20.9. The summed E-state index contributed by atoms with van der Waals surface area (Å²) in [6.07, 6.45) is 2.85. The molecule has 0 rings (SSSR count). The number of carboxylic acid groups (broad SMARTS) is 1. The molecule has 8 heteroatoms. The Bertz CT molecular complexity index is 636. The summed E-state index contributed by atoms with van der Waals surface area (Å²) in [7, 11) is -3.86. The van der Waals surface area contributed by atoms with E-state index in [2.05, 4.69) is 0 Å². The smallest absolute Gasteiger partial charge is 0.309 e. The summed E-state index contributed by atoms with van der Waals surface area (Å²) >= 11 is 0. The number of amides is 1. The second-order valence-electron chi connectivity index (χ2n) is 8.11. The molecule has 1 unspecified atom stereocenters. The van der Waals surface area contributed by atoms with Crippen molar-refractivity contribution in [2.24, 2.45) is 29.5 Å². The molecule has 0 aromatic rings. The highest BCUT2D eigenvalue weighted by Crippen LogP contribution is 2.42. The number of hydrogen-bond donors (Lipinski definition) is 3. The zero-order valence-corrected chi connectivity index (χ0v) is 17.7. The number of carbonyl (C=O) groups excluding carboxylic acids is 1. The Kier molecular flexibility index (Phi) is 8.99. The lowest BCUT2D eigenvalue weighted by molar-refractivity contribution is -0.149. The van der Waals surface area contributed by atoms with Crippen LogP contribution in [-0.4, -0.2) is 36.4 Å². The molecule has 152 valence electrons. The SMILES string of the molecule is CC(C)=CC(CC(C)C)([C@H](C(=O)O)[C@@H](CC(C)C)C(=O)NN)S(C)(=O)=O. The molecule has 0 aliphatic rings. The number of nitrogens with one attached hydrogen (secondary N) is 1. The Labute approximate surface area is 157 Å². The normalized spacial score (nSPS) is 16.7. The molecular formula is C18H34N2O5S. The van der Waals surface area contributed by atoms with Crippen LogP contribution in [0.1, 0.15) is 54.4 Å². The number of carbonyl (C=O) groups is 2. The van der Waals surface area contributed by atoms with Gasteiger partial charge in [-0.2, -0.15) is 0 Å². The molecule has 0 heterocycles. The van der Waals surface area contributed by atoms with Gasteiger partial charge in [-0.15, -0.1) is 0 Å². The summed E-state index contributed by atoms with van der Waals surface area (Å²) in [6.45, 7) is 10.8. The molecule has 7 nitrogen and oxygen atoms in total. The van der Waals surface area contributed by atoms with E-state index >= 15 is 0 Å². The maximum atomic E-state index is 12.9. The predicted molar refractivity (Wildman–Crippen MR) is 103 cm³/mol. The van der Waals surface area contributed by atoms with E-state index < -0.39 is 38.3 Å². The van der Waals surface area contributed by atoms with E-state index in [1.807, 2.05) is 33.1 Å². The minimum atomic E-state index is -3.86. The third-order valence-electron chi connectivity index (χ3n) is 4.35. The van der Waals surface area contributed by atoms with Crippen molar-refractivity contribution in [2.45, 2.75) is 59.1 Å². The highest BCUT2D eigenvalue weighted by Gasteiger charge is 2.54. The lowest BCUT2D eigenvalue weighted by atomic mass is 9.73. The Morgan fingerprint density at radius 2 is 1.65 bits per heavy atom. The second kappa shape index (κ2) is 9.50. The van der Waals surface area contributed by atoms with Gasteiger partial charge in [0.15, 0.2) is 9.84 Å². The molecule has 0 spiro atoms. The number of allylic oxidation sites excluding steroid dienone is 1. The van der Waals surface area contributed by atoms with Crippen LogP contribution in [0.3, 0.4) is 0 Å². The molecule has 26 heavy (non-hydrogen) atoms. The van der Waals surface area contributed by atoms with Crippen LogP contribution in [-0.2, 0) is 19.4 Å². The lowest BCUT2D eigenvalue weighted by Gasteiger charge is -2.40. The van der Waals surface area contributed by atoms with Crippen LogP contribution in [0.25, 0.3) is 0 Å². The van der Waals surface area contributed by atoms with E-state index in [9.17, 15) is 23.1 Å². The molecule has 0 aromatic heterocycles. The van der Waals surface area contributed by atoms with Gasteiger partial charge < -0.3 is 5.11 Å². The first kappa shape index (κ1) is 24.6. The number of sulfone groups is 1. The summed E-state index contributed by atoms with van der Waals surface area (Å²) in [5, 5.41) is 10.0. The molecule has 0 saturated heterocycles. The van der Waals surface area contributed by atoms with Crippen LogP contribution in [0.15, 0.2) is 11.6 Å². The third-order valence-corrected chi connectivity index (χ3v) is 6.27. The van der Waals surface area contributed by atoms with E-state index in [0.29, 0.717) is 5.57 Å². The van der Waals surface area contributed by atoms with Crippen molar-refractivity contribution < 1.29 is 23.1 Å². The molecule has 0 aliphatic carbocycles. The quantitative estimate of drug-likeness (QED) is 0.227. The van der Waals surface area contributed by atoms with E-state index in [1.165, 1.54) is 6.08 Å². The number of rotatable bonds is 10. The monoisotopic (exact) mass is 390 g/mol. The van der Waals surface area contributed by atoms with Gasteiger partial charge in [0.1, 0.15) is 4.75 Å². The first-order chi connectivity index (χ1) is 11.7. The van der Waals surface area contributed by atoms with E-state index in [0.717, 1.165) is 6.26 Å². The Morgan fingerprint density at radius 3 is 1.92 bits per heavy atom. The number of aliphatic carboxylic acids is 1. The van der Waals surface area contributed by atoms with E-state index in [4.69, 9.17) is 5.84 Å². The standard InChI is InChI=1S/C18H34N2O5S/c1-11(2)8-14(16(21)20-19)15(17(22)23)18(9-12(3)4,10-13(5)6)26(7,24)25/h9,11,13-15H,8,10,19H2,1-7H3,(H,20,21)(H,22,23)/t14-,15+,18?/m1/s1. The molecule has 3 atom stereocenters. The maximum absolute atomic E-state index is 12.9. The van der Waals surface area contributed by atoms with Gasteiger partial charge in [-0.25, -0.2) is 14.3 Å². The van der Waals surface area contributed by atoms with E-state index in [-0.39, 0.29) is 24.7 Å². The lowest BCUT2D eigenvalue weighted by Crippen LogP contribution is -2.55. The van der Waals surface area contributed by atoms with Gasteiger partial charge in [-0.1, -0.05) is 39.3 Å². The fourth-order valence-electron chi connectivity index (χ4n) is 3.62. The molecule has 0 saturated carbocycles. The third kappa shape index (κ3) is 6.09. The maximum Gasteiger partial charge on any atom is 0.309 e. The summed E-state index contributed by atoms with van der Waals surface area (Å²) in [6, 6.07) is 0. The fraction of sp³-hybridized carbons (Fsp3) is 0.778. The molecule has 0 bridgehead atoms. The van der Waals surface area contributed by atoms with Gasteiger partial charge in [-0.05, 0) is 38.5 Å². The van der Waals surface area contributed by atoms with E-state index in [1.54, 1.807) is 13.8 Å². The highest BCUT2D eigenvalue weighted by atomic mass is 32.2. The van der Waals surface area contributed by atoms with Gasteiger partial charge >= 0.3 is 5.97 Å². The van der Waals surface area contributed by atoms with Crippen LogP contribution in [0.4, 0.5) is 0 Å². The van der Waals surface area contributed by atoms with Crippen molar-refractivity contribution in [2.75, 3.05) is 6.26 Å². The van der Waals surface area contributed by atoms with Gasteiger partial charge in [-0.3, -0.25) is 15.0 Å². The molecule has 1 amide bonds. The van der Waals surface area contributed by atoms with Gasteiger partial charge in [0, 0.05) is 6.26 Å². The summed E-state index contributed by atoms with van der Waals surface area (Å²) in [4.78, 5) is 24.7. The Hall–Kier alpha value is -1.41. The van der Waals surface area contributed by atoms with Crippen molar-refractivity contribution in [3.63, 3.8) is 0 Å². The first-order valence-electron chi connectivity index (χ1n) is 8.78. The Balaban J connectivity index is 6.88. The molecular weight excluding hydrogens is 356 g/mol. The van der Waals surface area contributed by atoms with Gasteiger partial charge in [0.25, 0.3) is 0 Å². The van der Waals surface area contributed by atoms with Crippen LogP contribution >= 0.6 is 0 Å². The van der Waals surface area contributed by atoms with Crippen molar-refractivity contribution in [3.8, 4) is 0 Å². The molecule has 0 radical (unpaired) electrons. The van der Waals surface area contributed by atoms with Crippen LogP contribution in [0, 0.1) is 23.7 Å². The first-order valence-corrected chi connectivity index (χ1v) is 10.7. The zero-order valence-electron chi connectivity index (χ0n) is 16.9. The average molecular weight is 391 g/mol. The largest absolute Gasteiger partial charge is 0.481 e. The summed E-state index contributed by atoms with van der Waals surface area (Å²) in [5.41, 5.74) is 2.70. The number of hydrazine groups is 1. The van der Waals surface area contributed by atoms with Crippen molar-refractivity contribution in [3.05, 3.63) is 11.6 Å². The van der Waals surface area contributed by atoms with Crippen LogP contribution < -0.4 is 11.3 Å². The topological polar surface area (TPSA) is 127 Å². The van der Waals surface area contributed by atoms with Gasteiger partial charge in [0.2, 0.25) is 5.91 Å². The van der Waals surface area contributed by atoms with Crippen LogP contribution in [0.5, 0.6) is 0 Å². The average Bonchev–Trinajstić information content (AvgIpc) is 2.41. The number of hydrogen-bond acceptors (Lipinski definition) is 5. The minimum Gasteiger partial charge on any atom is -0.481 e. The van der Waals surface area contributed by atoms with Crippen LogP contribution in [0.2, 0.25) is 0 Å². The van der Waals surface area contributed by atoms with Crippen molar-refractivity contribution in [1.82, 2.24) is 5.43 Å². The fourth-order valence-corrected chi connectivity index (χ4v) is 5.43. The predicted octanol–water partition coefficient (Wildman–Crippen LogP) is 2.14. The van der Waals surface area contributed by atoms with Crippen molar-refractivity contribution >= 4 is 21.7 Å². The molecule has 4 N–H and O–H groups in total.